The highest BCUT2D eigenvalue weighted by atomic mass is 35.5. The van der Waals surface area contributed by atoms with Gasteiger partial charge in [0, 0.05) is 11.1 Å². The molecule has 1 aliphatic rings. The third-order valence-electron chi connectivity index (χ3n) is 5.19. The molecule has 1 saturated carbocycles. The van der Waals surface area contributed by atoms with Gasteiger partial charge in [0.05, 0.1) is 22.2 Å². The summed E-state index contributed by atoms with van der Waals surface area (Å²) in [5, 5.41) is 12.9. The Morgan fingerprint density at radius 2 is 2.03 bits per heavy atom. The number of anilines is 1. The maximum Gasteiger partial charge on any atom is 0.237 e. The number of amides is 1. The fourth-order valence-corrected chi connectivity index (χ4v) is 5.01. The predicted molar refractivity (Wildman–Crippen MR) is 120 cm³/mol. The molecule has 30 heavy (non-hydrogen) atoms. The Labute approximate surface area is 189 Å². The number of benzene rings is 1. The highest BCUT2D eigenvalue weighted by Crippen LogP contribution is 2.37. The molecule has 0 spiro atoms. The number of nitrogens with one attached hydrogen (secondary N) is 1. The Balaban J connectivity index is 1.55. The fraction of sp³-hybridized carbons (Fsp3) is 0.381. The number of aromatic nitrogens is 3. The van der Waals surface area contributed by atoms with Crippen molar-refractivity contribution in [1.29, 1.82) is 0 Å². The van der Waals surface area contributed by atoms with Gasteiger partial charge in [-0.15, -0.1) is 10.2 Å². The van der Waals surface area contributed by atoms with Crippen LogP contribution in [0.15, 0.2) is 46.2 Å². The largest absolute Gasteiger partial charge is 0.461 e. The summed E-state index contributed by atoms with van der Waals surface area (Å²) in [5.74, 6) is 1.23. The molecule has 1 aromatic carbocycles. The zero-order valence-corrected chi connectivity index (χ0v) is 18.8. The van der Waals surface area contributed by atoms with Crippen molar-refractivity contribution in [3.8, 4) is 11.6 Å². The van der Waals surface area contributed by atoms with Crippen LogP contribution in [0.25, 0.3) is 11.6 Å². The number of hydrogen-bond acceptors (Lipinski definition) is 5. The summed E-state index contributed by atoms with van der Waals surface area (Å²) in [6, 6.07) is 9.02. The van der Waals surface area contributed by atoms with Crippen LogP contribution in [0.2, 0.25) is 10.0 Å². The summed E-state index contributed by atoms with van der Waals surface area (Å²) in [7, 11) is 0. The normalized spacial score (nSPS) is 15.8. The Morgan fingerprint density at radius 3 is 2.73 bits per heavy atom. The van der Waals surface area contributed by atoms with Crippen LogP contribution in [0, 0.1) is 0 Å². The number of nitrogens with zero attached hydrogens (tertiary/aromatic N) is 3. The molecule has 1 N–H and O–H groups in total. The van der Waals surface area contributed by atoms with Crippen molar-refractivity contribution in [2.24, 2.45) is 0 Å². The lowest BCUT2D eigenvalue weighted by molar-refractivity contribution is -0.115. The zero-order chi connectivity index (χ0) is 21.1. The second kappa shape index (κ2) is 9.45. The van der Waals surface area contributed by atoms with E-state index >= 15 is 0 Å². The van der Waals surface area contributed by atoms with Gasteiger partial charge in [-0.2, -0.15) is 0 Å². The smallest absolute Gasteiger partial charge is 0.237 e. The number of thioether (sulfide) groups is 1. The molecule has 2 aromatic heterocycles. The standard InChI is InChI=1S/C21H22Cl2N4O2S/c1-13(20(28)24-17-10-9-14(22)12-16(17)23)30-21-26-25-19(18-8-5-11-29-18)27(21)15-6-3-2-4-7-15/h5,8-13,15H,2-4,6-7H2,1H3,(H,24,28). The van der Waals surface area contributed by atoms with Gasteiger partial charge in [-0.3, -0.25) is 9.36 Å². The highest BCUT2D eigenvalue weighted by Gasteiger charge is 2.27. The van der Waals surface area contributed by atoms with E-state index in [0.29, 0.717) is 33.4 Å². The van der Waals surface area contributed by atoms with Crippen LogP contribution in [-0.2, 0) is 4.79 Å². The van der Waals surface area contributed by atoms with Crippen LogP contribution in [0.4, 0.5) is 5.69 Å². The van der Waals surface area contributed by atoms with E-state index in [0.717, 1.165) is 18.0 Å². The van der Waals surface area contributed by atoms with Crippen molar-refractivity contribution in [2.75, 3.05) is 5.32 Å². The number of hydrogen-bond donors (Lipinski definition) is 1. The van der Waals surface area contributed by atoms with E-state index in [9.17, 15) is 4.79 Å². The average molecular weight is 465 g/mol. The molecule has 0 bridgehead atoms. The summed E-state index contributed by atoms with van der Waals surface area (Å²) in [6.07, 6.45) is 7.37. The topological polar surface area (TPSA) is 73.0 Å². The summed E-state index contributed by atoms with van der Waals surface area (Å²) in [4.78, 5) is 12.8. The zero-order valence-electron chi connectivity index (χ0n) is 16.5. The number of carbonyl (C=O) groups excluding carboxylic acids is 1. The minimum Gasteiger partial charge on any atom is -0.461 e. The molecule has 1 unspecified atom stereocenters. The molecule has 3 aromatic rings. The van der Waals surface area contributed by atoms with E-state index in [-0.39, 0.29) is 5.91 Å². The summed E-state index contributed by atoms with van der Waals surface area (Å²) < 4.78 is 7.72. The predicted octanol–water partition coefficient (Wildman–Crippen LogP) is 6.47. The molecular formula is C21H22Cl2N4O2S. The van der Waals surface area contributed by atoms with Crippen molar-refractivity contribution >= 4 is 46.6 Å². The average Bonchev–Trinajstić information content (AvgIpc) is 3.40. The van der Waals surface area contributed by atoms with Crippen molar-refractivity contribution in [1.82, 2.24) is 14.8 Å². The van der Waals surface area contributed by atoms with Gasteiger partial charge in [0.15, 0.2) is 10.9 Å². The molecule has 4 rings (SSSR count). The van der Waals surface area contributed by atoms with Gasteiger partial charge in [0.1, 0.15) is 0 Å². The number of halogens is 2. The van der Waals surface area contributed by atoms with Gasteiger partial charge < -0.3 is 9.73 Å². The SMILES string of the molecule is CC(Sc1nnc(-c2ccco2)n1C1CCCCC1)C(=O)Nc1ccc(Cl)cc1Cl. The second-order valence-corrected chi connectivity index (χ2v) is 9.47. The van der Waals surface area contributed by atoms with E-state index in [1.54, 1.807) is 24.5 Å². The second-order valence-electron chi connectivity index (χ2n) is 7.32. The van der Waals surface area contributed by atoms with E-state index in [4.69, 9.17) is 27.6 Å². The molecule has 0 aliphatic heterocycles. The minimum atomic E-state index is -0.396. The van der Waals surface area contributed by atoms with Crippen LogP contribution in [0.3, 0.4) is 0 Å². The van der Waals surface area contributed by atoms with Gasteiger partial charge in [0.2, 0.25) is 11.7 Å². The molecule has 158 valence electrons. The Hall–Kier alpha value is -1.96. The van der Waals surface area contributed by atoms with Crippen molar-refractivity contribution in [3.05, 3.63) is 46.6 Å². The third kappa shape index (κ3) is 4.68. The lowest BCUT2D eigenvalue weighted by Gasteiger charge is -2.25. The first-order chi connectivity index (χ1) is 14.5. The van der Waals surface area contributed by atoms with E-state index in [2.05, 4.69) is 20.1 Å². The third-order valence-corrected chi connectivity index (χ3v) is 6.79. The Kier molecular flexibility index (Phi) is 6.71. The first kappa shape index (κ1) is 21.3. The van der Waals surface area contributed by atoms with Gasteiger partial charge in [-0.25, -0.2) is 0 Å². The lowest BCUT2D eigenvalue weighted by atomic mass is 9.95. The molecule has 2 heterocycles. The van der Waals surface area contributed by atoms with Crippen molar-refractivity contribution < 1.29 is 9.21 Å². The fourth-order valence-electron chi connectivity index (χ4n) is 3.64. The molecule has 1 atom stereocenters. The Morgan fingerprint density at radius 1 is 1.23 bits per heavy atom. The van der Waals surface area contributed by atoms with Gasteiger partial charge >= 0.3 is 0 Å². The van der Waals surface area contributed by atoms with Crippen LogP contribution < -0.4 is 5.32 Å². The van der Waals surface area contributed by atoms with E-state index in [1.165, 1.54) is 31.0 Å². The van der Waals surface area contributed by atoms with Crippen LogP contribution in [0.1, 0.15) is 45.1 Å². The number of carbonyl (C=O) groups is 1. The minimum absolute atomic E-state index is 0.165. The maximum atomic E-state index is 12.8. The quantitative estimate of drug-likeness (QED) is 0.423. The van der Waals surface area contributed by atoms with E-state index < -0.39 is 5.25 Å². The molecule has 0 radical (unpaired) electrons. The molecule has 6 nitrogen and oxygen atoms in total. The molecule has 0 saturated heterocycles. The number of rotatable bonds is 6. The summed E-state index contributed by atoms with van der Waals surface area (Å²) in [5.41, 5.74) is 0.531. The van der Waals surface area contributed by atoms with Crippen molar-refractivity contribution in [3.63, 3.8) is 0 Å². The Bertz CT molecular complexity index is 1020. The van der Waals surface area contributed by atoms with E-state index in [1.807, 2.05) is 19.1 Å². The van der Waals surface area contributed by atoms with Gasteiger partial charge in [0.25, 0.3) is 0 Å². The molecule has 1 fully saturated rings. The first-order valence-electron chi connectivity index (χ1n) is 9.94. The molecule has 9 heteroatoms. The van der Waals surface area contributed by atoms with Gasteiger partial charge in [-0.05, 0) is 50.1 Å². The van der Waals surface area contributed by atoms with Crippen LogP contribution in [-0.4, -0.2) is 25.9 Å². The summed E-state index contributed by atoms with van der Waals surface area (Å²) >= 11 is 13.5. The first-order valence-corrected chi connectivity index (χ1v) is 11.6. The van der Waals surface area contributed by atoms with Crippen LogP contribution >= 0.6 is 35.0 Å². The van der Waals surface area contributed by atoms with Crippen LogP contribution in [0.5, 0.6) is 0 Å². The van der Waals surface area contributed by atoms with Crippen molar-refractivity contribution in [2.45, 2.75) is 55.5 Å². The van der Waals surface area contributed by atoms with Gasteiger partial charge in [-0.1, -0.05) is 54.2 Å². The monoisotopic (exact) mass is 464 g/mol. The molecular weight excluding hydrogens is 443 g/mol. The summed E-state index contributed by atoms with van der Waals surface area (Å²) in [6.45, 7) is 1.84. The highest BCUT2D eigenvalue weighted by molar-refractivity contribution is 8.00. The molecule has 1 aliphatic carbocycles. The molecule has 1 amide bonds. The maximum absolute atomic E-state index is 12.8. The number of furan rings is 1. The lowest BCUT2D eigenvalue weighted by Crippen LogP contribution is -2.23.